The number of nitrogens with two attached hydrogens (primary N) is 1. The lowest BCUT2D eigenvalue weighted by atomic mass is 10.1. The minimum absolute atomic E-state index is 0.228. The Morgan fingerprint density at radius 3 is 2.67 bits per heavy atom. The summed E-state index contributed by atoms with van der Waals surface area (Å²) in [5.74, 6) is 0.758. The number of hydrogen-bond acceptors (Lipinski definition) is 3. The number of thiophene rings is 1. The molecular weight excluding hydrogens is 334 g/mol. The minimum atomic E-state index is -0.228. The Kier molecular flexibility index (Phi) is 4.33. The molecule has 1 unspecified atom stereocenters. The zero-order valence-electron chi connectivity index (χ0n) is 10.0. The summed E-state index contributed by atoms with van der Waals surface area (Å²) in [4.78, 5) is 2.29. The van der Waals surface area contributed by atoms with Crippen LogP contribution in [0.25, 0.3) is 0 Å². The predicted molar refractivity (Wildman–Crippen MR) is 80.8 cm³/mol. The van der Waals surface area contributed by atoms with Crippen molar-refractivity contribution in [1.29, 1.82) is 0 Å². The van der Waals surface area contributed by atoms with Gasteiger partial charge in [0, 0.05) is 24.8 Å². The highest BCUT2D eigenvalue weighted by Gasteiger charge is 2.17. The van der Waals surface area contributed by atoms with Crippen LogP contribution in [-0.2, 0) is 0 Å². The van der Waals surface area contributed by atoms with Gasteiger partial charge in [-0.25, -0.2) is 0 Å². The van der Waals surface area contributed by atoms with E-state index in [9.17, 15) is 0 Å². The topological polar surface area (TPSA) is 35.2 Å². The van der Waals surface area contributed by atoms with Crippen LogP contribution in [-0.4, -0.2) is 7.11 Å². The second-order valence-corrected chi connectivity index (χ2v) is 6.50. The van der Waals surface area contributed by atoms with Gasteiger partial charge in [0.15, 0.2) is 0 Å². The van der Waals surface area contributed by atoms with E-state index in [2.05, 4.69) is 22.9 Å². The Labute approximate surface area is 124 Å². The average molecular weight is 347 g/mol. The molecule has 1 aromatic carbocycles. The van der Waals surface area contributed by atoms with Crippen LogP contribution in [0.15, 0.2) is 28.7 Å². The van der Waals surface area contributed by atoms with Crippen LogP contribution in [0, 0.1) is 6.92 Å². The molecule has 5 heteroatoms. The molecule has 0 radical (unpaired) electrons. The fourth-order valence-electron chi connectivity index (χ4n) is 1.74. The first-order chi connectivity index (χ1) is 8.52. The van der Waals surface area contributed by atoms with Crippen LogP contribution in [0.4, 0.5) is 0 Å². The number of ether oxygens (including phenoxy) is 1. The smallest absolute Gasteiger partial charge is 0.124 e. The van der Waals surface area contributed by atoms with E-state index < -0.39 is 0 Å². The third kappa shape index (κ3) is 2.72. The van der Waals surface area contributed by atoms with Crippen molar-refractivity contribution in [3.8, 4) is 5.75 Å². The lowest BCUT2D eigenvalue weighted by Crippen LogP contribution is -2.11. The van der Waals surface area contributed by atoms with Crippen LogP contribution < -0.4 is 10.5 Å². The summed E-state index contributed by atoms with van der Waals surface area (Å²) in [5, 5.41) is 0.661. The number of rotatable bonds is 3. The molecule has 0 aliphatic rings. The highest BCUT2D eigenvalue weighted by molar-refractivity contribution is 9.10. The monoisotopic (exact) mass is 345 g/mol. The van der Waals surface area contributed by atoms with E-state index in [1.165, 1.54) is 4.88 Å². The number of halogens is 2. The summed E-state index contributed by atoms with van der Waals surface area (Å²) in [5.41, 5.74) is 7.20. The molecule has 0 saturated heterocycles. The molecule has 18 heavy (non-hydrogen) atoms. The molecule has 96 valence electrons. The Balaban J connectivity index is 2.44. The van der Waals surface area contributed by atoms with Crippen molar-refractivity contribution in [1.82, 2.24) is 0 Å². The Morgan fingerprint density at radius 2 is 2.11 bits per heavy atom. The molecule has 2 rings (SSSR count). The molecule has 2 nitrogen and oxygen atoms in total. The second-order valence-electron chi connectivity index (χ2n) is 3.92. The summed E-state index contributed by atoms with van der Waals surface area (Å²) >= 11 is 11.2. The Morgan fingerprint density at radius 1 is 1.39 bits per heavy atom. The molecule has 0 bridgehead atoms. The maximum absolute atomic E-state index is 6.29. The molecule has 0 aliphatic carbocycles. The molecule has 0 saturated carbocycles. The molecule has 0 spiro atoms. The zero-order chi connectivity index (χ0) is 13.3. The highest BCUT2D eigenvalue weighted by Crippen LogP contribution is 2.36. The van der Waals surface area contributed by atoms with Gasteiger partial charge < -0.3 is 10.5 Å². The Hall–Kier alpha value is -0.550. The van der Waals surface area contributed by atoms with Crippen molar-refractivity contribution >= 4 is 38.9 Å². The summed E-state index contributed by atoms with van der Waals surface area (Å²) < 4.78 is 6.42. The van der Waals surface area contributed by atoms with E-state index in [-0.39, 0.29) is 6.04 Å². The largest absolute Gasteiger partial charge is 0.496 e. The van der Waals surface area contributed by atoms with Crippen molar-refractivity contribution < 1.29 is 4.74 Å². The first-order valence-corrected chi connectivity index (χ1v) is 7.36. The van der Waals surface area contributed by atoms with Gasteiger partial charge in [-0.1, -0.05) is 11.6 Å². The molecule has 0 amide bonds. The lowest BCUT2D eigenvalue weighted by Gasteiger charge is -2.14. The van der Waals surface area contributed by atoms with Crippen LogP contribution in [0.5, 0.6) is 5.75 Å². The van der Waals surface area contributed by atoms with Crippen molar-refractivity contribution in [2.75, 3.05) is 7.11 Å². The van der Waals surface area contributed by atoms with Gasteiger partial charge in [0.05, 0.1) is 13.2 Å². The van der Waals surface area contributed by atoms with E-state index in [0.717, 1.165) is 20.7 Å². The van der Waals surface area contributed by atoms with E-state index >= 15 is 0 Å². The normalized spacial score (nSPS) is 12.5. The standard InChI is InChI=1S/C13H13BrClNOS/c1-7-10(14)6-12(18-7)13(16)9-5-8(15)3-4-11(9)17-2/h3-6,13H,16H2,1-2H3. The van der Waals surface area contributed by atoms with E-state index in [0.29, 0.717) is 5.02 Å². The molecule has 2 N–H and O–H groups in total. The maximum Gasteiger partial charge on any atom is 0.124 e. The molecule has 1 atom stereocenters. The van der Waals surface area contributed by atoms with Gasteiger partial charge in [-0.15, -0.1) is 11.3 Å². The van der Waals surface area contributed by atoms with Crippen molar-refractivity contribution in [2.24, 2.45) is 5.73 Å². The van der Waals surface area contributed by atoms with E-state index in [1.54, 1.807) is 24.5 Å². The first kappa shape index (κ1) is 13.9. The van der Waals surface area contributed by atoms with Gasteiger partial charge in [-0.3, -0.25) is 0 Å². The molecule has 1 heterocycles. The van der Waals surface area contributed by atoms with E-state index in [4.69, 9.17) is 22.1 Å². The summed E-state index contributed by atoms with van der Waals surface area (Å²) in [6, 6.07) is 7.31. The number of methoxy groups -OCH3 is 1. The van der Waals surface area contributed by atoms with Gasteiger partial charge in [-0.2, -0.15) is 0 Å². The molecule has 0 aliphatic heterocycles. The SMILES string of the molecule is COc1ccc(Cl)cc1C(N)c1cc(Br)c(C)s1. The van der Waals surface area contributed by atoms with Crippen LogP contribution in [0.1, 0.15) is 21.4 Å². The maximum atomic E-state index is 6.29. The third-order valence-electron chi connectivity index (χ3n) is 2.71. The van der Waals surface area contributed by atoms with E-state index in [1.807, 2.05) is 18.2 Å². The van der Waals surface area contributed by atoms with Crippen molar-refractivity contribution in [3.63, 3.8) is 0 Å². The minimum Gasteiger partial charge on any atom is -0.496 e. The predicted octanol–water partition coefficient (Wildman–Crippen LogP) is 4.53. The summed E-state index contributed by atoms with van der Waals surface area (Å²) in [6.45, 7) is 2.06. The summed E-state index contributed by atoms with van der Waals surface area (Å²) in [7, 11) is 1.63. The van der Waals surface area contributed by atoms with Crippen LogP contribution >= 0.6 is 38.9 Å². The quantitative estimate of drug-likeness (QED) is 0.886. The Bertz CT molecular complexity index is 551. The fourth-order valence-corrected chi connectivity index (χ4v) is 3.50. The molecule has 1 aromatic heterocycles. The van der Waals surface area contributed by atoms with Crippen LogP contribution in [0.2, 0.25) is 5.02 Å². The number of benzene rings is 1. The van der Waals surface area contributed by atoms with Gasteiger partial charge in [0.1, 0.15) is 5.75 Å². The van der Waals surface area contributed by atoms with Crippen molar-refractivity contribution in [3.05, 3.63) is 49.1 Å². The second kappa shape index (κ2) is 5.61. The van der Waals surface area contributed by atoms with Gasteiger partial charge in [0.25, 0.3) is 0 Å². The van der Waals surface area contributed by atoms with Crippen LogP contribution in [0.3, 0.4) is 0 Å². The third-order valence-corrected chi connectivity index (χ3v) is 5.16. The van der Waals surface area contributed by atoms with Crippen molar-refractivity contribution in [2.45, 2.75) is 13.0 Å². The van der Waals surface area contributed by atoms with Gasteiger partial charge >= 0.3 is 0 Å². The first-order valence-electron chi connectivity index (χ1n) is 5.37. The number of aryl methyl sites for hydroxylation is 1. The fraction of sp³-hybridized carbons (Fsp3) is 0.231. The molecule has 0 fully saturated rings. The summed E-state index contributed by atoms with van der Waals surface area (Å²) in [6.07, 6.45) is 0. The lowest BCUT2D eigenvalue weighted by molar-refractivity contribution is 0.408. The van der Waals surface area contributed by atoms with Gasteiger partial charge in [-0.05, 0) is 47.1 Å². The molecule has 2 aromatic rings. The number of hydrogen-bond donors (Lipinski definition) is 1. The highest BCUT2D eigenvalue weighted by atomic mass is 79.9. The van der Waals surface area contributed by atoms with Gasteiger partial charge in [0.2, 0.25) is 0 Å². The average Bonchev–Trinajstić information content (AvgIpc) is 2.68. The molecular formula is C13H13BrClNOS. The zero-order valence-corrected chi connectivity index (χ0v) is 13.2.